The molecule has 12 heteroatoms. The van der Waals surface area contributed by atoms with E-state index in [0.29, 0.717) is 63.2 Å². The topological polar surface area (TPSA) is 126 Å². The van der Waals surface area contributed by atoms with Crippen LogP contribution in [0.5, 0.6) is 5.75 Å². The van der Waals surface area contributed by atoms with E-state index < -0.39 is 30.0 Å². The second-order valence-corrected chi connectivity index (χ2v) is 20.5. The Morgan fingerprint density at radius 1 is 0.949 bits per heavy atom. The molecule has 59 heavy (non-hydrogen) atoms. The standard InChI is InChI=1S/C47H74N4O7S/c1-14-30(3)40-43(55)51-23-15-16-38(51)44(56)58-39(46(6,7)8)25-29(2)24-31(4)47(9,10)45-48-35(28-59-45)19-20-36(52)27-34(26-33-17-21-37(57-13)22-18-33)42(54)49(11)32(5)41(53)50(40)12/h17-18,21-22,29-32,34-35,38-40H,14-16,19-20,23-28H2,1-13H3/t29-,30-,31-,32-,34+,35-,38-,39-,40-/m0/s1. The van der Waals surface area contributed by atoms with E-state index in [2.05, 4.69) is 48.5 Å². The van der Waals surface area contributed by atoms with Crippen LogP contribution in [0.15, 0.2) is 29.3 Å². The van der Waals surface area contributed by atoms with Gasteiger partial charge in [-0.15, -0.1) is 11.8 Å². The van der Waals surface area contributed by atoms with Crippen molar-refractivity contribution in [3.8, 4) is 5.75 Å². The van der Waals surface area contributed by atoms with Crippen LogP contribution in [0, 0.1) is 34.5 Å². The highest BCUT2D eigenvalue weighted by atomic mass is 32.2. The Bertz CT molecular complexity index is 1670. The van der Waals surface area contributed by atoms with Gasteiger partial charge in [0.1, 0.15) is 35.8 Å². The summed E-state index contributed by atoms with van der Waals surface area (Å²) in [6.07, 6.45) is 4.31. The van der Waals surface area contributed by atoms with Crippen LogP contribution in [0.2, 0.25) is 0 Å². The number of rotatable bonds is 5. The average Bonchev–Trinajstić information content (AvgIpc) is 3.89. The third kappa shape index (κ3) is 11.9. The largest absolute Gasteiger partial charge is 0.497 e. The molecule has 0 saturated carbocycles. The van der Waals surface area contributed by atoms with Gasteiger partial charge in [-0.3, -0.25) is 24.2 Å². The molecule has 9 atom stereocenters. The number of fused-ring (bicyclic) bond motifs is 2. The summed E-state index contributed by atoms with van der Waals surface area (Å²) in [7, 11) is 4.82. The molecule has 1 aromatic rings. The highest BCUT2D eigenvalue weighted by Crippen LogP contribution is 2.42. The Morgan fingerprint density at radius 2 is 1.61 bits per heavy atom. The van der Waals surface area contributed by atoms with Crippen molar-refractivity contribution in [1.82, 2.24) is 14.7 Å². The number of hydrogen-bond donors (Lipinski definition) is 0. The Hall–Kier alpha value is -3.41. The summed E-state index contributed by atoms with van der Waals surface area (Å²) in [5, 5.41) is 1.11. The number of thioether (sulfide) groups is 1. The molecule has 0 unspecified atom stereocenters. The molecular formula is C47H74N4O7S. The smallest absolute Gasteiger partial charge is 0.329 e. The zero-order valence-electron chi connectivity index (χ0n) is 38.3. The minimum atomic E-state index is -0.919. The van der Waals surface area contributed by atoms with Gasteiger partial charge in [0.2, 0.25) is 17.7 Å². The monoisotopic (exact) mass is 839 g/mol. The van der Waals surface area contributed by atoms with Gasteiger partial charge in [0.15, 0.2) is 0 Å². The van der Waals surface area contributed by atoms with E-state index >= 15 is 0 Å². The van der Waals surface area contributed by atoms with Gasteiger partial charge in [-0.2, -0.15) is 0 Å². The maximum absolute atomic E-state index is 14.6. The summed E-state index contributed by atoms with van der Waals surface area (Å²) in [5.41, 5.74) is 0.373. The van der Waals surface area contributed by atoms with Crippen molar-refractivity contribution >= 4 is 46.3 Å². The van der Waals surface area contributed by atoms with Gasteiger partial charge < -0.3 is 24.2 Å². The molecule has 4 rings (SSSR count). The fourth-order valence-electron chi connectivity index (χ4n) is 8.82. The molecule has 1 saturated heterocycles. The van der Waals surface area contributed by atoms with Crippen molar-refractivity contribution in [2.45, 2.75) is 157 Å². The first-order chi connectivity index (χ1) is 27.6. The molecule has 0 N–H and O–H groups in total. The lowest BCUT2D eigenvalue weighted by atomic mass is 9.74. The number of benzene rings is 1. The van der Waals surface area contributed by atoms with E-state index in [-0.39, 0.29) is 64.7 Å². The number of cyclic esters (lactones) is 1. The van der Waals surface area contributed by atoms with Crippen LogP contribution >= 0.6 is 11.8 Å². The second-order valence-electron chi connectivity index (χ2n) is 19.5. The molecule has 3 aliphatic heterocycles. The van der Waals surface area contributed by atoms with Crippen molar-refractivity contribution in [3.63, 3.8) is 0 Å². The van der Waals surface area contributed by atoms with Crippen LogP contribution in [0.4, 0.5) is 0 Å². The molecule has 11 nitrogen and oxygen atoms in total. The number of methoxy groups -OCH3 is 1. The molecule has 0 aromatic heterocycles. The van der Waals surface area contributed by atoms with Crippen LogP contribution in [-0.2, 0) is 35.1 Å². The summed E-state index contributed by atoms with van der Waals surface area (Å²) in [5.74, 6) is -0.241. The van der Waals surface area contributed by atoms with E-state index in [1.807, 2.05) is 38.1 Å². The molecule has 330 valence electrons. The average molecular weight is 839 g/mol. The van der Waals surface area contributed by atoms with Crippen molar-refractivity contribution < 1.29 is 33.4 Å². The summed E-state index contributed by atoms with van der Waals surface area (Å²) in [6, 6.07) is 4.98. The lowest BCUT2D eigenvalue weighted by molar-refractivity contribution is -0.166. The Labute approximate surface area is 359 Å². The number of amides is 3. The number of aliphatic imine (C=N–C) groups is 1. The van der Waals surface area contributed by atoms with Crippen LogP contribution in [0.3, 0.4) is 0 Å². The third-order valence-corrected chi connectivity index (χ3v) is 15.1. The molecule has 0 spiro atoms. The quantitative estimate of drug-likeness (QED) is 0.275. The third-order valence-electron chi connectivity index (χ3n) is 13.6. The number of likely N-dealkylation sites (N-methyl/N-ethyl adjacent to an activating group) is 2. The Balaban J connectivity index is 1.71. The van der Waals surface area contributed by atoms with Gasteiger partial charge in [0, 0.05) is 50.6 Å². The molecule has 3 aliphatic rings. The van der Waals surface area contributed by atoms with Gasteiger partial charge in [-0.1, -0.05) is 80.9 Å². The first-order valence-corrected chi connectivity index (χ1v) is 23.0. The van der Waals surface area contributed by atoms with Crippen molar-refractivity contribution in [1.29, 1.82) is 0 Å². The summed E-state index contributed by atoms with van der Waals surface area (Å²) in [6.45, 7) is 21.3. The number of carbonyl (C=O) groups is 5. The number of ketones is 1. The summed E-state index contributed by atoms with van der Waals surface area (Å²) < 4.78 is 11.7. The number of hydrogen-bond acceptors (Lipinski definition) is 9. The number of ether oxygens (including phenoxy) is 2. The molecular weight excluding hydrogens is 765 g/mol. The zero-order valence-corrected chi connectivity index (χ0v) is 39.2. The Kier molecular flexibility index (Phi) is 16.7. The number of Topliss-reactive ketones (excluding diaryl/α,β-unsaturated/α-hetero) is 1. The minimum Gasteiger partial charge on any atom is -0.497 e. The molecule has 3 heterocycles. The highest BCUT2D eigenvalue weighted by molar-refractivity contribution is 8.14. The van der Waals surface area contributed by atoms with Crippen LogP contribution < -0.4 is 4.74 Å². The van der Waals surface area contributed by atoms with Crippen molar-refractivity contribution in [3.05, 3.63) is 29.8 Å². The van der Waals surface area contributed by atoms with Gasteiger partial charge in [-0.05, 0) is 86.3 Å². The number of carbonyl (C=O) groups excluding carboxylic acids is 5. The van der Waals surface area contributed by atoms with Crippen molar-refractivity contribution in [2.24, 2.45) is 39.5 Å². The van der Waals surface area contributed by atoms with Crippen LogP contribution in [0.25, 0.3) is 0 Å². The summed E-state index contributed by atoms with van der Waals surface area (Å²) >= 11 is 1.78. The normalized spacial score (nSPS) is 30.6. The molecule has 3 amide bonds. The first kappa shape index (κ1) is 48.3. The maximum atomic E-state index is 14.6. The van der Waals surface area contributed by atoms with Gasteiger partial charge in [0.05, 0.1) is 18.2 Å². The van der Waals surface area contributed by atoms with Gasteiger partial charge >= 0.3 is 5.97 Å². The van der Waals surface area contributed by atoms with E-state index in [1.165, 1.54) is 9.80 Å². The molecule has 2 bridgehead atoms. The first-order valence-electron chi connectivity index (χ1n) is 22.0. The second kappa shape index (κ2) is 20.4. The lowest BCUT2D eigenvalue weighted by Gasteiger charge is -2.39. The molecule has 1 fully saturated rings. The Morgan fingerprint density at radius 3 is 2.22 bits per heavy atom. The molecule has 1 aromatic carbocycles. The lowest BCUT2D eigenvalue weighted by Crippen LogP contribution is -2.58. The molecule has 0 radical (unpaired) electrons. The minimum absolute atomic E-state index is 0.00486. The van der Waals surface area contributed by atoms with E-state index in [0.717, 1.165) is 22.8 Å². The predicted octanol–water partition coefficient (Wildman–Crippen LogP) is 7.87. The fourth-order valence-corrected chi connectivity index (χ4v) is 10.2. The maximum Gasteiger partial charge on any atom is 0.329 e. The van der Waals surface area contributed by atoms with E-state index in [1.54, 1.807) is 44.8 Å². The summed E-state index contributed by atoms with van der Waals surface area (Å²) in [4.78, 5) is 81.0. The SMILES string of the molecule is CC[C@H](C)[C@H]1C(=O)N2CCC[C@H]2C(=O)O[C@H](C(C)(C)C)C[C@@H](C)C[C@H](C)C(C)(C)C2=N[C@@H](CCC(=O)C[C@@H](Cc3ccc(OC)cc3)C(=O)N(C)[C@@H](C)C(=O)N1C)CS2. The van der Waals surface area contributed by atoms with Crippen molar-refractivity contribution in [2.75, 3.05) is 33.5 Å². The van der Waals surface area contributed by atoms with Crippen LogP contribution in [0.1, 0.15) is 126 Å². The number of nitrogens with zero attached hydrogens (tertiary/aromatic N) is 4. The zero-order chi connectivity index (χ0) is 44.0. The van der Waals surface area contributed by atoms with E-state index in [4.69, 9.17) is 14.5 Å². The molecule has 0 aliphatic carbocycles. The van der Waals surface area contributed by atoms with Crippen LogP contribution in [-0.4, -0.2) is 113 Å². The van der Waals surface area contributed by atoms with Gasteiger partial charge in [0.25, 0.3) is 0 Å². The fraction of sp³-hybridized carbons (Fsp3) is 0.745. The number of esters is 1. The predicted molar refractivity (Wildman–Crippen MR) is 236 cm³/mol. The highest BCUT2D eigenvalue weighted by Gasteiger charge is 2.45. The van der Waals surface area contributed by atoms with E-state index in [9.17, 15) is 24.0 Å². The van der Waals surface area contributed by atoms with Gasteiger partial charge in [-0.25, -0.2) is 4.79 Å².